The van der Waals surface area contributed by atoms with E-state index >= 15 is 0 Å². The zero-order chi connectivity index (χ0) is 10.3. The monoisotopic (exact) mass is 194 g/mol. The smallest absolute Gasteiger partial charge is 0.159 e. The molecule has 2 rings (SSSR count). The van der Waals surface area contributed by atoms with Crippen molar-refractivity contribution in [3.63, 3.8) is 0 Å². The van der Waals surface area contributed by atoms with Gasteiger partial charge < -0.3 is 15.0 Å². The predicted octanol–water partition coefficient (Wildman–Crippen LogP) is 1.91. The number of hydrogen-bond acceptors (Lipinski definition) is 2. The lowest BCUT2D eigenvalue weighted by Gasteiger charge is -2.07. The van der Waals surface area contributed by atoms with Crippen LogP contribution in [0.5, 0.6) is 5.75 Å². The Balaban J connectivity index is 2.87. The zero-order valence-electron chi connectivity index (χ0n) is 8.04. The number of aryl methyl sites for hydroxylation is 1. The summed E-state index contributed by atoms with van der Waals surface area (Å²) in [5, 5.41) is 0.519. The van der Waals surface area contributed by atoms with Gasteiger partial charge in [0.25, 0.3) is 0 Å². The molecule has 0 aliphatic heterocycles. The van der Waals surface area contributed by atoms with Gasteiger partial charge in [0.1, 0.15) is 11.4 Å². The molecule has 0 atom stereocenters. The maximum absolute atomic E-state index is 13.6. The largest absolute Gasteiger partial charge is 0.494 e. The van der Waals surface area contributed by atoms with Crippen molar-refractivity contribution < 1.29 is 9.13 Å². The lowest BCUT2D eigenvalue weighted by atomic mass is 10.2. The molecule has 3 nitrogen and oxygen atoms in total. The Morgan fingerprint density at radius 3 is 2.86 bits per heavy atom. The molecule has 2 aromatic rings. The van der Waals surface area contributed by atoms with E-state index in [-0.39, 0.29) is 5.69 Å². The molecule has 1 aromatic carbocycles. The van der Waals surface area contributed by atoms with E-state index in [9.17, 15) is 4.39 Å². The van der Waals surface area contributed by atoms with Gasteiger partial charge in [-0.25, -0.2) is 4.39 Å². The third-order valence-electron chi connectivity index (χ3n) is 2.35. The van der Waals surface area contributed by atoms with Gasteiger partial charge in [-0.2, -0.15) is 0 Å². The second-order valence-electron chi connectivity index (χ2n) is 3.17. The zero-order valence-corrected chi connectivity index (χ0v) is 8.04. The van der Waals surface area contributed by atoms with E-state index in [1.165, 1.54) is 7.11 Å². The first-order valence-electron chi connectivity index (χ1n) is 4.22. The van der Waals surface area contributed by atoms with Crippen molar-refractivity contribution in [3.8, 4) is 5.75 Å². The second-order valence-corrected chi connectivity index (χ2v) is 3.17. The van der Waals surface area contributed by atoms with Crippen molar-refractivity contribution in [3.05, 3.63) is 24.1 Å². The van der Waals surface area contributed by atoms with Crippen LogP contribution < -0.4 is 10.5 Å². The number of rotatable bonds is 1. The van der Waals surface area contributed by atoms with E-state index < -0.39 is 5.82 Å². The summed E-state index contributed by atoms with van der Waals surface area (Å²) >= 11 is 0. The van der Waals surface area contributed by atoms with Crippen LogP contribution in [0.15, 0.2) is 18.3 Å². The van der Waals surface area contributed by atoms with E-state index in [2.05, 4.69) is 0 Å². The maximum atomic E-state index is 13.6. The molecule has 0 spiro atoms. The molecule has 0 saturated carbocycles. The van der Waals surface area contributed by atoms with Gasteiger partial charge in [0.15, 0.2) is 5.82 Å². The molecular formula is C10H11FN2O. The fraction of sp³-hybridized carbons (Fsp3) is 0.200. The standard InChI is InChI=1S/C10H11FN2O/c1-13-4-3-6-7(13)5-8(14-2)10(12)9(6)11/h3-5H,12H2,1-2H3. The molecule has 2 N–H and O–H groups in total. The average Bonchev–Trinajstić information content (AvgIpc) is 2.54. The third kappa shape index (κ3) is 1.04. The summed E-state index contributed by atoms with van der Waals surface area (Å²) in [6.07, 6.45) is 1.78. The maximum Gasteiger partial charge on any atom is 0.159 e. The molecule has 0 saturated heterocycles. The number of anilines is 1. The molecule has 1 aromatic heterocycles. The quantitative estimate of drug-likeness (QED) is 0.704. The van der Waals surface area contributed by atoms with Gasteiger partial charge in [-0.3, -0.25) is 0 Å². The van der Waals surface area contributed by atoms with Crippen LogP contribution in [0.3, 0.4) is 0 Å². The number of benzene rings is 1. The van der Waals surface area contributed by atoms with Crippen molar-refractivity contribution in [1.82, 2.24) is 4.57 Å². The second kappa shape index (κ2) is 2.90. The lowest BCUT2D eigenvalue weighted by molar-refractivity contribution is 0.415. The summed E-state index contributed by atoms with van der Waals surface area (Å²) in [6, 6.07) is 3.42. The van der Waals surface area contributed by atoms with Gasteiger partial charge in [-0.1, -0.05) is 0 Å². The Hall–Kier alpha value is -1.71. The van der Waals surface area contributed by atoms with Crippen molar-refractivity contribution in [2.24, 2.45) is 7.05 Å². The van der Waals surface area contributed by atoms with Crippen LogP contribution in [-0.2, 0) is 7.05 Å². The number of nitrogens with zero attached hydrogens (tertiary/aromatic N) is 1. The van der Waals surface area contributed by atoms with Crippen LogP contribution in [-0.4, -0.2) is 11.7 Å². The highest BCUT2D eigenvalue weighted by molar-refractivity contribution is 5.87. The fourth-order valence-electron chi connectivity index (χ4n) is 1.53. The Morgan fingerprint density at radius 1 is 1.50 bits per heavy atom. The SMILES string of the molecule is COc1cc2c(ccn2C)c(F)c1N. The van der Waals surface area contributed by atoms with Crippen molar-refractivity contribution in [1.29, 1.82) is 0 Å². The summed E-state index contributed by atoms with van der Waals surface area (Å²) in [5.41, 5.74) is 6.39. The third-order valence-corrected chi connectivity index (χ3v) is 2.35. The first-order chi connectivity index (χ1) is 6.65. The van der Waals surface area contributed by atoms with Crippen LogP contribution in [0, 0.1) is 5.82 Å². The van der Waals surface area contributed by atoms with Gasteiger partial charge in [0, 0.05) is 24.7 Å². The minimum absolute atomic E-state index is 0.0613. The number of nitrogens with two attached hydrogens (primary N) is 1. The molecule has 1 heterocycles. The van der Waals surface area contributed by atoms with Crippen LogP contribution >= 0.6 is 0 Å². The molecule has 14 heavy (non-hydrogen) atoms. The molecule has 0 amide bonds. The predicted molar refractivity (Wildman–Crippen MR) is 53.8 cm³/mol. The van der Waals surface area contributed by atoms with Crippen molar-refractivity contribution in [2.45, 2.75) is 0 Å². The Labute approximate surface area is 80.9 Å². The Bertz CT molecular complexity index is 490. The lowest BCUT2D eigenvalue weighted by Crippen LogP contribution is -1.97. The van der Waals surface area contributed by atoms with E-state index in [4.69, 9.17) is 10.5 Å². The van der Waals surface area contributed by atoms with Gasteiger partial charge in [0.2, 0.25) is 0 Å². The summed E-state index contributed by atoms with van der Waals surface area (Å²) in [4.78, 5) is 0. The van der Waals surface area contributed by atoms with Gasteiger partial charge in [-0.15, -0.1) is 0 Å². The Kier molecular flexibility index (Phi) is 1.84. The number of ether oxygens (including phenoxy) is 1. The molecular weight excluding hydrogens is 183 g/mol. The van der Waals surface area contributed by atoms with Crippen LogP contribution in [0.25, 0.3) is 10.9 Å². The van der Waals surface area contributed by atoms with E-state index in [0.717, 1.165) is 5.52 Å². The number of nitrogen functional groups attached to an aromatic ring is 1. The highest BCUT2D eigenvalue weighted by atomic mass is 19.1. The molecule has 74 valence electrons. The Morgan fingerprint density at radius 2 is 2.21 bits per heavy atom. The number of hydrogen-bond donors (Lipinski definition) is 1. The summed E-state index contributed by atoms with van der Waals surface area (Å²) < 4.78 is 20.4. The molecule has 0 fully saturated rings. The number of fused-ring (bicyclic) bond motifs is 1. The van der Waals surface area contributed by atoms with Crippen LogP contribution in [0.2, 0.25) is 0 Å². The van der Waals surface area contributed by atoms with Crippen LogP contribution in [0.1, 0.15) is 0 Å². The van der Waals surface area contributed by atoms with Crippen LogP contribution in [0.4, 0.5) is 10.1 Å². The molecule has 4 heteroatoms. The minimum atomic E-state index is -0.417. The molecule has 0 bridgehead atoms. The van der Waals surface area contributed by atoms with E-state index in [1.807, 2.05) is 11.6 Å². The highest BCUT2D eigenvalue weighted by Crippen LogP contribution is 2.31. The number of halogens is 1. The van der Waals surface area contributed by atoms with Gasteiger partial charge >= 0.3 is 0 Å². The molecule has 0 aliphatic rings. The molecule has 0 unspecified atom stereocenters. The summed E-state index contributed by atoms with van der Waals surface area (Å²) in [6.45, 7) is 0. The summed E-state index contributed by atoms with van der Waals surface area (Å²) in [7, 11) is 3.32. The average molecular weight is 194 g/mol. The van der Waals surface area contributed by atoms with Crippen molar-refractivity contribution >= 4 is 16.6 Å². The number of aromatic nitrogens is 1. The minimum Gasteiger partial charge on any atom is -0.494 e. The normalized spacial score (nSPS) is 10.8. The van der Waals surface area contributed by atoms with E-state index in [1.54, 1.807) is 18.3 Å². The van der Waals surface area contributed by atoms with E-state index in [0.29, 0.717) is 11.1 Å². The molecule has 0 radical (unpaired) electrons. The summed E-state index contributed by atoms with van der Waals surface area (Å²) in [5.74, 6) is -0.0447. The highest BCUT2D eigenvalue weighted by Gasteiger charge is 2.12. The number of methoxy groups -OCH3 is 1. The first-order valence-corrected chi connectivity index (χ1v) is 4.22. The van der Waals surface area contributed by atoms with Gasteiger partial charge in [0.05, 0.1) is 12.6 Å². The topological polar surface area (TPSA) is 40.2 Å². The van der Waals surface area contributed by atoms with Gasteiger partial charge in [-0.05, 0) is 6.07 Å². The van der Waals surface area contributed by atoms with Crippen molar-refractivity contribution in [2.75, 3.05) is 12.8 Å². The first kappa shape index (κ1) is 8.87. The fourth-order valence-corrected chi connectivity index (χ4v) is 1.53. The molecule has 0 aliphatic carbocycles.